The minimum absolute atomic E-state index is 0.103. The van der Waals surface area contributed by atoms with E-state index in [1.165, 1.54) is 23.4 Å². The molecule has 2 aliphatic heterocycles. The van der Waals surface area contributed by atoms with Gasteiger partial charge in [0.25, 0.3) is 5.91 Å². The van der Waals surface area contributed by atoms with Gasteiger partial charge in [0.15, 0.2) is 6.10 Å². The highest BCUT2D eigenvalue weighted by Gasteiger charge is 2.31. The van der Waals surface area contributed by atoms with Gasteiger partial charge in [-0.25, -0.2) is 13.2 Å². The Labute approximate surface area is 170 Å². The second-order valence-corrected chi connectivity index (χ2v) is 9.08. The summed E-state index contributed by atoms with van der Waals surface area (Å²) in [5.41, 5.74) is 0.575. The highest BCUT2D eigenvalue weighted by Crippen LogP contribution is 2.21. The Hall–Kier alpha value is -2.46. The van der Waals surface area contributed by atoms with Crippen LogP contribution >= 0.6 is 0 Å². The quantitative estimate of drug-likeness (QED) is 0.680. The molecule has 0 aliphatic carbocycles. The van der Waals surface area contributed by atoms with E-state index >= 15 is 0 Å². The van der Waals surface area contributed by atoms with Gasteiger partial charge < -0.3 is 10.1 Å². The maximum absolute atomic E-state index is 12.7. The summed E-state index contributed by atoms with van der Waals surface area (Å²) in [4.78, 5) is 37.0. The number of urea groups is 1. The number of benzene rings is 1. The normalized spacial score (nSPS) is 18.9. The van der Waals surface area contributed by atoms with Gasteiger partial charge in [0, 0.05) is 26.2 Å². The predicted molar refractivity (Wildman–Crippen MR) is 103 cm³/mol. The molecule has 0 spiro atoms. The average Bonchev–Trinajstić information content (AvgIpc) is 3.14. The number of piperidine rings is 1. The van der Waals surface area contributed by atoms with Gasteiger partial charge in [0.1, 0.15) is 0 Å². The van der Waals surface area contributed by atoms with Crippen LogP contribution in [0.3, 0.4) is 0 Å². The third-order valence-corrected chi connectivity index (χ3v) is 6.92. The summed E-state index contributed by atoms with van der Waals surface area (Å²) in [7, 11) is -3.52. The van der Waals surface area contributed by atoms with Crippen LogP contribution in [0.4, 0.5) is 4.79 Å². The topological polar surface area (TPSA) is 113 Å². The Morgan fingerprint density at radius 2 is 1.76 bits per heavy atom. The number of nitrogens with zero attached hydrogens (tertiary/aromatic N) is 2. The molecule has 2 heterocycles. The zero-order valence-corrected chi connectivity index (χ0v) is 17.1. The fourth-order valence-corrected chi connectivity index (χ4v) is 4.91. The van der Waals surface area contributed by atoms with Crippen molar-refractivity contribution >= 4 is 27.9 Å². The molecule has 0 aromatic heterocycles. The molecular weight excluding hydrogens is 398 g/mol. The SMILES string of the molecule is C[C@H](OC(=O)Cc1ccc(S(=O)(=O)N2CCCCC2)cc1)C(=O)N1CCNC1=O. The van der Waals surface area contributed by atoms with E-state index < -0.39 is 34.0 Å². The van der Waals surface area contributed by atoms with Crippen LogP contribution in [0.5, 0.6) is 0 Å². The van der Waals surface area contributed by atoms with E-state index in [2.05, 4.69) is 5.32 Å². The van der Waals surface area contributed by atoms with Crippen LogP contribution in [-0.2, 0) is 30.8 Å². The molecule has 1 atom stereocenters. The Kier molecular flexibility index (Phi) is 6.53. The third-order valence-electron chi connectivity index (χ3n) is 5.00. The molecule has 9 nitrogen and oxygen atoms in total. The van der Waals surface area contributed by atoms with Crippen LogP contribution < -0.4 is 5.32 Å². The summed E-state index contributed by atoms with van der Waals surface area (Å²) in [6.07, 6.45) is 1.58. The molecule has 0 bridgehead atoms. The standard InChI is InChI=1S/C19H25N3O6S/c1-14(18(24)22-12-9-20-19(22)25)28-17(23)13-15-5-7-16(8-6-15)29(26,27)21-10-3-2-4-11-21/h5-8,14H,2-4,9-13H2,1H3,(H,20,25)/t14-/m0/s1. The molecule has 0 saturated carbocycles. The molecule has 0 unspecified atom stereocenters. The van der Waals surface area contributed by atoms with E-state index in [0.717, 1.165) is 24.2 Å². The van der Waals surface area contributed by atoms with Gasteiger partial charge >= 0.3 is 12.0 Å². The van der Waals surface area contributed by atoms with E-state index in [1.54, 1.807) is 12.1 Å². The third kappa shape index (κ3) is 4.94. The molecule has 1 N–H and O–H groups in total. The molecule has 1 aromatic rings. The average molecular weight is 423 g/mol. The van der Waals surface area contributed by atoms with Gasteiger partial charge in [-0.2, -0.15) is 4.31 Å². The summed E-state index contributed by atoms with van der Waals surface area (Å²) < 4.78 is 31.9. The molecule has 158 valence electrons. The fourth-order valence-electron chi connectivity index (χ4n) is 3.39. The van der Waals surface area contributed by atoms with Crippen LogP contribution in [0, 0.1) is 0 Å². The van der Waals surface area contributed by atoms with Crippen LogP contribution in [-0.4, -0.2) is 67.8 Å². The van der Waals surface area contributed by atoms with Gasteiger partial charge in [-0.1, -0.05) is 18.6 Å². The molecule has 29 heavy (non-hydrogen) atoms. The van der Waals surface area contributed by atoms with Crippen LogP contribution in [0.2, 0.25) is 0 Å². The second-order valence-electron chi connectivity index (χ2n) is 7.14. The Balaban J connectivity index is 1.57. The van der Waals surface area contributed by atoms with E-state index in [-0.39, 0.29) is 17.9 Å². The van der Waals surface area contributed by atoms with Crippen LogP contribution in [0.25, 0.3) is 0 Å². The molecule has 3 rings (SSSR count). The van der Waals surface area contributed by atoms with Gasteiger partial charge in [-0.3, -0.25) is 14.5 Å². The first-order valence-electron chi connectivity index (χ1n) is 9.67. The van der Waals surface area contributed by atoms with Crippen molar-refractivity contribution in [3.63, 3.8) is 0 Å². The van der Waals surface area contributed by atoms with E-state index in [4.69, 9.17) is 4.74 Å². The van der Waals surface area contributed by atoms with Gasteiger partial charge in [-0.05, 0) is 37.5 Å². The van der Waals surface area contributed by atoms with Crippen molar-refractivity contribution in [3.8, 4) is 0 Å². The monoisotopic (exact) mass is 423 g/mol. The molecule has 2 aliphatic rings. The Morgan fingerprint density at radius 1 is 1.10 bits per heavy atom. The first kappa shape index (κ1) is 21.3. The van der Waals surface area contributed by atoms with E-state index in [1.807, 2.05) is 0 Å². The summed E-state index contributed by atoms with van der Waals surface area (Å²) >= 11 is 0. The summed E-state index contributed by atoms with van der Waals surface area (Å²) in [6.45, 7) is 3.08. The maximum atomic E-state index is 12.7. The van der Waals surface area contributed by atoms with E-state index in [0.29, 0.717) is 25.2 Å². The van der Waals surface area contributed by atoms with Gasteiger partial charge in [0.2, 0.25) is 10.0 Å². The second kappa shape index (κ2) is 8.91. The number of hydrogen-bond acceptors (Lipinski definition) is 6. The number of ether oxygens (including phenoxy) is 1. The highest BCUT2D eigenvalue weighted by atomic mass is 32.2. The van der Waals surface area contributed by atoms with Crippen molar-refractivity contribution in [2.45, 2.75) is 43.6 Å². The summed E-state index contributed by atoms with van der Waals surface area (Å²) in [5, 5.41) is 2.51. The maximum Gasteiger partial charge on any atom is 0.324 e. The lowest BCUT2D eigenvalue weighted by Crippen LogP contribution is -2.42. The van der Waals surface area contributed by atoms with Crippen LogP contribution in [0.1, 0.15) is 31.7 Å². The number of sulfonamides is 1. The lowest BCUT2D eigenvalue weighted by atomic mass is 10.1. The zero-order chi connectivity index (χ0) is 21.0. The molecule has 3 amide bonds. The molecule has 0 radical (unpaired) electrons. The first-order valence-corrected chi connectivity index (χ1v) is 11.1. The van der Waals surface area contributed by atoms with Crippen molar-refractivity contribution < 1.29 is 27.5 Å². The van der Waals surface area contributed by atoms with Crippen molar-refractivity contribution in [2.75, 3.05) is 26.2 Å². The number of nitrogens with one attached hydrogen (secondary N) is 1. The number of amides is 3. The zero-order valence-electron chi connectivity index (χ0n) is 16.3. The van der Waals surface area contributed by atoms with Crippen LogP contribution in [0.15, 0.2) is 29.2 Å². The fraction of sp³-hybridized carbons (Fsp3) is 0.526. The molecule has 1 aromatic carbocycles. The number of carbonyl (C=O) groups is 3. The molecular formula is C19H25N3O6S. The highest BCUT2D eigenvalue weighted by molar-refractivity contribution is 7.89. The van der Waals surface area contributed by atoms with Gasteiger partial charge in [0.05, 0.1) is 11.3 Å². The lowest BCUT2D eigenvalue weighted by molar-refractivity contribution is -0.156. The minimum Gasteiger partial charge on any atom is -0.452 e. The summed E-state index contributed by atoms with van der Waals surface area (Å²) in [5.74, 6) is -1.20. The lowest BCUT2D eigenvalue weighted by Gasteiger charge is -2.25. The number of hydrogen-bond donors (Lipinski definition) is 1. The van der Waals surface area contributed by atoms with Crippen molar-refractivity contribution in [3.05, 3.63) is 29.8 Å². The minimum atomic E-state index is -3.52. The number of esters is 1. The summed E-state index contributed by atoms with van der Waals surface area (Å²) in [6, 6.07) is 5.60. The first-order chi connectivity index (χ1) is 13.8. The molecule has 10 heteroatoms. The number of imide groups is 1. The van der Waals surface area contributed by atoms with Crippen molar-refractivity contribution in [1.29, 1.82) is 0 Å². The number of carbonyl (C=O) groups excluding carboxylic acids is 3. The predicted octanol–water partition coefficient (Wildman–Crippen LogP) is 0.887. The van der Waals surface area contributed by atoms with Crippen molar-refractivity contribution in [1.82, 2.24) is 14.5 Å². The van der Waals surface area contributed by atoms with E-state index in [9.17, 15) is 22.8 Å². The Bertz CT molecular complexity index is 878. The smallest absolute Gasteiger partial charge is 0.324 e. The largest absolute Gasteiger partial charge is 0.452 e. The Morgan fingerprint density at radius 3 is 2.34 bits per heavy atom. The molecule has 2 saturated heterocycles. The number of rotatable bonds is 6. The van der Waals surface area contributed by atoms with Gasteiger partial charge in [-0.15, -0.1) is 0 Å². The van der Waals surface area contributed by atoms with Crippen molar-refractivity contribution in [2.24, 2.45) is 0 Å². The molecule has 2 fully saturated rings.